The van der Waals surface area contributed by atoms with Crippen LogP contribution in [0, 0.1) is 5.92 Å². The van der Waals surface area contributed by atoms with E-state index in [1.54, 1.807) is 18.4 Å². The van der Waals surface area contributed by atoms with Gasteiger partial charge in [-0.05, 0) is 18.8 Å². The summed E-state index contributed by atoms with van der Waals surface area (Å²) in [5, 5.41) is 1.14. The van der Waals surface area contributed by atoms with Gasteiger partial charge in [0.2, 0.25) is 0 Å². The second-order valence-corrected chi connectivity index (χ2v) is 7.67. The number of thiazole rings is 1. The first-order chi connectivity index (χ1) is 9.45. The van der Waals surface area contributed by atoms with Gasteiger partial charge in [0.25, 0.3) is 0 Å². The molecular weight excluding hydrogens is 270 g/mol. The quantitative estimate of drug-likeness (QED) is 0.928. The molecule has 0 amide bonds. The molecule has 20 heavy (non-hydrogen) atoms. The first-order valence-corrected chi connectivity index (χ1v) is 8.21. The molecule has 2 rings (SSSR count). The van der Waals surface area contributed by atoms with Crippen molar-refractivity contribution in [1.29, 1.82) is 0 Å². The fourth-order valence-electron chi connectivity index (χ4n) is 2.73. The van der Waals surface area contributed by atoms with Crippen molar-refractivity contribution in [1.82, 2.24) is 4.98 Å². The number of nitrogens with two attached hydrogens (primary N) is 1. The second-order valence-electron chi connectivity index (χ2n) is 6.61. The zero-order valence-corrected chi connectivity index (χ0v) is 13.9. The van der Waals surface area contributed by atoms with Gasteiger partial charge in [-0.15, -0.1) is 11.3 Å². The third kappa shape index (κ3) is 3.51. The van der Waals surface area contributed by atoms with E-state index in [1.165, 1.54) is 23.4 Å². The van der Waals surface area contributed by atoms with Crippen LogP contribution in [0.2, 0.25) is 0 Å². The van der Waals surface area contributed by atoms with Gasteiger partial charge in [0.05, 0.1) is 5.69 Å². The number of hydrogen-bond acceptors (Lipinski definition) is 5. The molecule has 4 nitrogen and oxygen atoms in total. The standard InChI is InChI=1S/C15H27N3OS/c1-15(2,3)13-12(9-16)20-14(17-13)18-7-5-11(6-8-18)10-19-4/h11H,5-10,16H2,1-4H3. The Bertz CT molecular complexity index is 431. The molecule has 0 unspecified atom stereocenters. The lowest BCUT2D eigenvalue weighted by Crippen LogP contribution is -2.35. The van der Waals surface area contributed by atoms with Crippen molar-refractivity contribution in [3.05, 3.63) is 10.6 Å². The van der Waals surface area contributed by atoms with Crippen LogP contribution in [0.1, 0.15) is 44.2 Å². The molecule has 2 N–H and O–H groups in total. The van der Waals surface area contributed by atoms with Crippen molar-refractivity contribution in [3.8, 4) is 0 Å². The molecule has 5 heteroatoms. The molecule has 1 fully saturated rings. The fourth-order valence-corrected chi connectivity index (χ4v) is 3.93. The number of rotatable bonds is 4. The molecule has 0 aliphatic carbocycles. The molecule has 1 saturated heterocycles. The van der Waals surface area contributed by atoms with Crippen LogP contribution in [0.25, 0.3) is 0 Å². The van der Waals surface area contributed by atoms with E-state index in [-0.39, 0.29) is 5.41 Å². The minimum absolute atomic E-state index is 0.0673. The van der Waals surface area contributed by atoms with Gasteiger partial charge in [0.1, 0.15) is 0 Å². The molecule has 0 atom stereocenters. The van der Waals surface area contributed by atoms with Gasteiger partial charge in [-0.2, -0.15) is 0 Å². The van der Waals surface area contributed by atoms with E-state index in [9.17, 15) is 0 Å². The number of ether oxygens (including phenoxy) is 1. The van der Waals surface area contributed by atoms with Crippen molar-refractivity contribution in [2.45, 2.75) is 45.6 Å². The van der Waals surface area contributed by atoms with Gasteiger partial charge in [0, 0.05) is 43.6 Å². The highest BCUT2D eigenvalue weighted by molar-refractivity contribution is 7.15. The largest absolute Gasteiger partial charge is 0.384 e. The van der Waals surface area contributed by atoms with E-state index in [2.05, 4.69) is 25.7 Å². The predicted molar refractivity (Wildman–Crippen MR) is 85.5 cm³/mol. The molecule has 2 heterocycles. The molecule has 0 saturated carbocycles. The third-order valence-corrected chi connectivity index (χ3v) is 5.01. The molecule has 1 aliphatic heterocycles. The normalized spacial score (nSPS) is 17.8. The van der Waals surface area contributed by atoms with Gasteiger partial charge in [-0.25, -0.2) is 4.98 Å². The lowest BCUT2D eigenvalue weighted by atomic mass is 9.91. The second kappa shape index (κ2) is 6.41. The van der Waals surface area contributed by atoms with E-state index < -0.39 is 0 Å². The van der Waals surface area contributed by atoms with Gasteiger partial charge < -0.3 is 15.4 Å². The maximum atomic E-state index is 5.89. The fraction of sp³-hybridized carbons (Fsp3) is 0.800. The smallest absolute Gasteiger partial charge is 0.185 e. The summed E-state index contributed by atoms with van der Waals surface area (Å²) in [5.41, 5.74) is 7.12. The molecule has 1 aromatic heterocycles. The average molecular weight is 297 g/mol. The molecule has 0 spiro atoms. The summed E-state index contributed by atoms with van der Waals surface area (Å²) in [7, 11) is 1.79. The first kappa shape index (κ1) is 15.7. The maximum Gasteiger partial charge on any atom is 0.185 e. The Hall–Kier alpha value is -0.650. The number of anilines is 1. The van der Waals surface area contributed by atoms with Gasteiger partial charge in [-0.3, -0.25) is 0 Å². The number of nitrogens with zero attached hydrogens (tertiary/aromatic N) is 2. The molecule has 0 radical (unpaired) electrons. The molecule has 1 aromatic rings. The van der Waals surface area contributed by atoms with Crippen molar-refractivity contribution in [3.63, 3.8) is 0 Å². The number of piperidine rings is 1. The lowest BCUT2D eigenvalue weighted by Gasteiger charge is -2.31. The number of methoxy groups -OCH3 is 1. The Morgan fingerprint density at radius 1 is 1.35 bits per heavy atom. The average Bonchev–Trinajstić information content (AvgIpc) is 2.84. The zero-order chi connectivity index (χ0) is 14.8. The Labute approximate surface area is 126 Å². The molecule has 0 aromatic carbocycles. The highest BCUT2D eigenvalue weighted by Crippen LogP contribution is 2.35. The van der Waals surface area contributed by atoms with Crippen LogP contribution >= 0.6 is 11.3 Å². The van der Waals surface area contributed by atoms with E-state index in [4.69, 9.17) is 15.5 Å². The third-order valence-electron chi connectivity index (χ3n) is 3.87. The van der Waals surface area contributed by atoms with Gasteiger partial charge in [-0.1, -0.05) is 20.8 Å². The summed E-state index contributed by atoms with van der Waals surface area (Å²) in [6.07, 6.45) is 2.38. The van der Waals surface area contributed by atoms with Crippen LogP contribution in [0.5, 0.6) is 0 Å². The van der Waals surface area contributed by atoms with Crippen LogP contribution in [0.4, 0.5) is 5.13 Å². The topological polar surface area (TPSA) is 51.4 Å². The summed E-state index contributed by atoms with van der Waals surface area (Å²) < 4.78 is 5.26. The highest BCUT2D eigenvalue weighted by atomic mass is 32.1. The predicted octanol–water partition coefficient (Wildman–Crippen LogP) is 2.76. The first-order valence-electron chi connectivity index (χ1n) is 7.39. The summed E-state index contributed by atoms with van der Waals surface area (Å²) >= 11 is 1.77. The Morgan fingerprint density at radius 2 is 2.00 bits per heavy atom. The minimum atomic E-state index is 0.0673. The van der Waals surface area contributed by atoms with E-state index in [1.807, 2.05) is 0 Å². The minimum Gasteiger partial charge on any atom is -0.384 e. The van der Waals surface area contributed by atoms with Crippen LogP contribution in [-0.4, -0.2) is 31.8 Å². The Kier molecular flexibility index (Phi) is 5.04. The van der Waals surface area contributed by atoms with Crippen molar-refractivity contribution >= 4 is 16.5 Å². The van der Waals surface area contributed by atoms with E-state index in [0.717, 1.165) is 24.8 Å². The maximum absolute atomic E-state index is 5.89. The summed E-state index contributed by atoms with van der Waals surface area (Å²) in [4.78, 5) is 8.52. The highest BCUT2D eigenvalue weighted by Gasteiger charge is 2.26. The SMILES string of the molecule is COCC1CCN(c2nc(C(C)(C)C)c(CN)s2)CC1. The summed E-state index contributed by atoms with van der Waals surface area (Å²) in [5.74, 6) is 0.701. The van der Waals surface area contributed by atoms with Crippen LogP contribution < -0.4 is 10.6 Å². The monoisotopic (exact) mass is 297 g/mol. The summed E-state index contributed by atoms with van der Waals surface area (Å²) in [6.45, 7) is 10.2. The molecule has 1 aliphatic rings. The number of hydrogen-bond donors (Lipinski definition) is 1. The molecule has 114 valence electrons. The van der Waals surface area contributed by atoms with Crippen molar-refractivity contribution < 1.29 is 4.74 Å². The van der Waals surface area contributed by atoms with Crippen molar-refractivity contribution in [2.75, 3.05) is 31.7 Å². The van der Waals surface area contributed by atoms with Gasteiger partial charge >= 0.3 is 0 Å². The van der Waals surface area contributed by atoms with E-state index >= 15 is 0 Å². The Morgan fingerprint density at radius 3 is 2.45 bits per heavy atom. The molecular formula is C15H27N3OS. The van der Waals surface area contributed by atoms with Crippen molar-refractivity contribution in [2.24, 2.45) is 11.7 Å². The van der Waals surface area contributed by atoms with Crippen LogP contribution in [-0.2, 0) is 16.7 Å². The summed E-state index contributed by atoms with van der Waals surface area (Å²) in [6, 6.07) is 0. The lowest BCUT2D eigenvalue weighted by molar-refractivity contribution is 0.139. The van der Waals surface area contributed by atoms with Crippen LogP contribution in [0.15, 0.2) is 0 Å². The molecule has 0 bridgehead atoms. The number of aromatic nitrogens is 1. The van der Waals surface area contributed by atoms with E-state index in [0.29, 0.717) is 12.5 Å². The zero-order valence-electron chi connectivity index (χ0n) is 13.1. The Balaban J connectivity index is 2.09. The van der Waals surface area contributed by atoms with Crippen LogP contribution in [0.3, 0.4) is 0 Å². The van der Waals surface area contributed by atoms with Gasteiger partial charge in [0.15, 0.2) is 5.13 Å².